The van der Waals surface area contributed by atoms with Gasteiger partial charge in [0.2, 0.25) is 12.0 Å². The predicted octanol–water partition coefficient (Wildman–Crippen LogP) is 2.62. The summed E-state index contributed by atoms with van der Waals surface area (Å²) in [6, 6.07) is 14.3. The molecule has 3 rings (SSSR count). The van der Waals surface area contributed by atoms with E-state index < -0.39 is 29.4 Å². The summed E-state index contributed by atoms with van der Waals surface area (Å²) in [5.41, 5.74) is 0.424. The highest BCUT2D eigenvalue weighted by Crippen LogP contribution is 2.44. The molecule has 1 N–H and O–H groups in total. The number of anilines is 1. The first-order chi connectivity index (χ1) is 13.9. The van der Waals surface area contributed by atoms with Gasteiger partial charge in [-0.3, -0.25) is 9.59 Å². The van der Waals surface area contributed by atoms with Crippen molar-refractivity contribution in [3.05, 3.63) is 59.7 Å². The molecule has 29 heavy (non-hydrogen) atoms. The zero-order valence-electron chi connectivity index (χ0n) is 16.6. The second-order valence-corrected chi connectivity index (χ2v) is 6.74. The van der Waals surface area contributed by atoms with E-state index in [4.69, 9.17) is 14.2 Å². The molecule has 0 fully saturated rings. The molecule has 0 unspecified atom stereocenters. The fourth-order valence-electron chi connectivity index (χ4n) is 3.70. The van der Waals surface area contributed by atoms with Gasteiger partial charge in [0.15, 0.2) is 0 Å². The summed E-state index contributed by atoms with van der Waals surface area (Å²) in [7, 11) is 1.55. The summed E-state index contributed by atoms with van der Waals surface area (Å²) < 4.78 is 15.9. The first kappa shape index (κ1) is 20.4. The van der Waals surface area contributed by atoms with Gasteiger partial charge < -0.3 is 19.5 Å². The van der Waals surface area contributed by atoms with Crippen LogP contribution in [0.15, 0.2) is 48.5 Å². The van der Waals surface area contributed by atoms with E-state index in [9.17, 15) is 14.4 Å². The zero-order valence-corrected chi connectivity index (χ0v) is 16.6. The van der Waals surface area contributed by atoms with Crippen molar-refractivity contribution in [1.82, 2.24) is 0 Å². The molecule has 0 spiro atoms. The van der Waals surface area contributed by atoms with E-state index in [1.807, 2.05) is 6.07 Å². The van der Waals surface area contributed by atoms with Crippen molar-refractivity contribution < 1.29 is 28.6 Å². The monoisotopic (exact) mass is 397 g/mol. The molecule has 7 nitrogen and oxygen atoms in total. The lowest BCUT2D eigenvalue weighted by Crippen LogP contribution is -2.53. The van der Waals surface area contributed by atoms with Crippen molar-refractivity contribution in [3.63, 3.8) is 0 Å². The van der Waals surface area contributed by atoms with Gasteiger partial charge in [-0.05, 0) is 42.7 Å². The van der Waals surface area contributed by atoms with Crippen LogP contribution in [-0.2, 0) is 35.7 Å². The second kappa shape index (κ2) is 8.34. The minimum Gasteiger partial charge on any atom is -0.497 e. The standard InChI is InChI=1S/C22H23NO6/c1-4-28-20(25)19(29-14(2)24)22(13-15-8-7-9-16(12-15)27-3)17-10-5-6-11-18(17)23-21(22)26/h5-12,19H,4,13H2,1-3H3,(H,23,26)/t19-,22+/m0/s1. The van der Waals surface area contributed by atoms with E-state index in [1.54, 1.807) is 56.5 Å². The smallest absolute Gasteiger partial charge is 0.348 e. The third-order valence-electron chi connectivity index (χ3n) is 4.91. The summed E-state index contributed by atoms with van der Waals surface area (Å²) in [6.45, 7) is 2.94. The molecule has 2 aromatic carbocycles. The van der Waals surface area contributed by atoms with Crippen molar-refractivity contribution in [2.45, 2.75) is 31.8 Å². The minimum absolute atomic E-state index is 0.0924. The number of esters is 2. The average molecular weight is 397 g/mol. The van der Waals surface area contributed by atoms with E-state index >= 15 is 0 Å². The quantitative estimate of drug-likeness (QED) is 0.723. The highest BCUT2D eigenvalue weighted by atomic mass is 16.6. The molecule has 1 aliphatic heterocycles. The third kappa shape index (κ3) is 3.81. The molecule has 0 aliphatic carbocycles. The van der Waals surface area contributed by atoms with Gasteiger partial charge >= 0.3 is 11.9 Å². The van der Waals surface area contributed by atoms with E-state index in [2.05, 4.69) is 5.32 Å². The Morgan fingerprint density at radius 2 is 1.90 bits per heavy atom. The van der Waals surface area contributed by atoms with E-state index in [0.29, 0.717) is 17.0 Å². The average Bonchev–Trinajstić information content (AvgIpc) is 2.98. The van der Waals surface area contributed by atoms with Crippen molar-refractivity contribution in [2.75, 3.05) is 19.0 Å². The number of hydrogen-bond acceptors (Lipinski definition) is 6. The summed E-state index contributed by atoms with van der Waals surface area (Å²) in [5, 5.41) is 2.82. The SMILES string of the molecule is CCOC(=O)[C@H](OC(C)=O)[C@]1(Cc2cccc(OC)c2)C(=O)Nc2ccccc21. The van der Waals surface area contributed by atoms with Crippen LogP contribution in [0.4, 0.5) is 5.69 Å². The predicted molar refractivity (Wildman–Crippen MR) is 106 cm³/mol. The zero-order chi connectivity index (χ0) is 21.0. The Morgan fingerprint density at radius 3 is 2.59 bits per heavy atom. The van der Waals surface area contributed by atoms with Crippen LogP contribution in [0.1, 0.15) is 25.0 Å². The number of methoxy groups -OCH3 is 1. The number of amides is 1. The molecule has 2 aromatic rings. The van der Waals surface area contributed by atoms with Gasteiger partial charge in [-0.25, -0.2) is 4.79 Å². The molecule has 0 saturated carbocycles. The number of benzene rings is 2. The molecule has 0 bridgehead atoms. The molecule has 0 saturated heterocycles. The van der Waals surface area contributed by atoms with Crippen molar-refractivity contribution in [2.24, 2.45) is 0 Å². The van der Waals surface area contributed by atoms with Gasteiger partial charge in [0.25, 0.3) is 0 Å². The molecule has 1 aliphatic rings. The fourth-order valence-corrected chi connectivity index (χ4v) is 3.70. The van der Waals surface area contributed by atoms with Crippen molar-refractivity contribution in [1.29, 1.82) is 0 Å². The Bertz CT molecular complexity index is 940. The molecule has 0 radical (unpaired) electrons. The normalized spacial score (nSPS) is 18.4. The molecule has 7 heteroatoms. The Morgan fingerprint density at radius 1 is 1.14 bits per heavy atom. The van der Waals surface area contributed by atoms with Gasteiger partial charge in [0.05, 0.1) is 13.7 Å². The molecule has 1 heterocycles. The van der Waals surface area contributed by atoms with Crippen molar-refractivity contribution in [3.8, 4) is 5.75 Å². The van der Waals surface area contributed by atoms with Crippen LogP contribution in [0.5, 0.6) is 5.75 Å². The maximum Gasteiger partial charge on any atom is 0.348 e. The Kier molecular flexibility index (Phi) is 5.87. The maximum absolute atomic E-state index is 13.3. The number of carbonyl (C=O) groups excluding carboxylic acids is 3. The molecular formula is C22H23NO6. The van der Waals surface area contributed by atoms with Crippen LogP contribution in [0.3, 0.4) is 0 Å². The topological polar surface area (TPSA) is 90.9 Å². The Labute approximate surface area is 169 Å². The van der Waals surface area contributed by atoms with E-state index in [1.165, 1.54) is 6.92 Å². The van der Waals surface area contributed by atoms with Crippen LogP contribution >= 0.6 is 0 Å². The minimum atomic E-state index is -1.47. The largest absolute Gasteiger partial charge is 0.497 e. The lowest BCUT2D eigenvalue weighted by molar-refractivity contribution is -0.173. The van der Waals surface area contributed by atoms with Gasteiger partial charge in [-0.15, -0.1) is 0 Å². The lowest BCUT2D eigenvalue weighted by Gasteiger charge is -2.33. The van der Waals surface area contributed by atoms with Crippen LogP contribution in [-0.4, -0.2) is 37.7 Å². The van der Waals surface area contributed by atoms with Crippen LogP contribution < -0.4 is 10.1 Å². The molecule has 152 valence electrons. The summed E-state index contributed by atoms with van der Waals surface area (Å²) in [5.74, 6) is -1.26. The number of carbonyl (C=O) groups is 3. The number of rotatable bonds is 7. The van der Waals surface area contributed by atoms with Gasteiger partial charge in [0, 0.05) is 12.6 Å². The third-order valence-corrected chi connectivity index (χ3v) is 4.91. The number of para-hydroxylation sites is 1. The first-order valence-electron chi connectivity index (χ1n) is 9.30. The van der Waals surface area contributed by atoms with Crippen LogP contribution in [0, 0.1) is 0 Å². The van der Waals surface area contributed by atoms with Crippen molar-refractivity contribution >= 4 is 23.5 Å². The highest BCUT2D eigenvalue weighted by molar-refractivity contribution is 6.09. The Hall–Kier alpha value is -3.35. The molecular weight excluding hydrogens is 374 g/mol. The summed E-state index contributed by atoms with van der Waals surface area (Å²) in [4.78, 5) is 38.0. The first-order valence-corrected chi connectivity index (χ1v) is 9.30. The molecule has 2 atom stereocenters. The number of fused-ring (bicyclic) bond motifs is 1. The second-order valence-electron chi connectivity index (χ2n) is 6.74. The number of nitrogens with one attached hydrogen (secondary N) is 1. The highest BCUT2D eigenvalue weighted by Gasteiger charge is 2.57. The van der Waals surface area contributed by atoms with Crippen LogP contribution in [0.25, 0.3) is 0 Å². The fraction of sp³-hybridized carbons (Fsp3) is 0.318. The molecule has 0 aromatic heterocycles. The molecule has 1 amide bonds. The number of ether oxygens (including phenoxy) is 3. The summed E-state index contributed by atoms with van der Waals surface area (Å²) >= 11 is 0. The maximum atomic E-state index is 13.3. The summed E-state index contributed by atoms with van der Waals surface area (Å²) in [6.07, 6.45) is -1.32. The number of hydrogen-bond donors (Lipinski definition) is 1. The lowest BCUT2D eigenvalue weighted by atomic mass is 9.71. The van der Waals surface area contributed by atoms with Gasteiger partial charge in [-0.2, -0.15) is 0 Å². The van der Waals surface area contributed by atoms with E-state index in [-0.39, 0.29) is 13.0 Å². The van der Waals surface area contributed by atoms with Gasteiger partial charge in [-0.1, -0.05) is 30.3 Å². The Balaban J connectivity index is 2.19. The van der Waals surface area contributed by atoms with Gasteiger partial charge in [0.1, 0.15) is 11.2 Å². The van der Waals surface area contributed by atoms with E-state index in [0.717, 1.165) is 5.56 Å². The van der Waals surface area contributed by atoms with Crippen LogP contribution in [0.2, 0.25) is 0 Å².